The molecule has 0 aliphatic heterocycles. The lowest BCUT2D eigenvalue weighted by Crippen LogP contribution is -2.03. The molecule has 1 aromatic rings. The van der Waals surface area contributed by atoms with Crippen molar-refractivity contribution < 1.29 is 0 Å². The fourth-order valence-electron chi connectivity index (χ4n) is 2.67. The van der Waals surface area contributed by atoms with Gasteiger partial charge in [-0.3, -0.25) is 0 Å². The van der Waals surface area contributed by atoms with Crippen LogP contribution in [0.25, 0.3) is 5.57 Å². The van der Waals surface area contributed by atoms with E-state index in [-0.39, 0.29) is 0 Å². The first-order valence-corrected chi connectivity index (χ1v) is 6.14. The molecule has 1 aromatic carbocycles. The van der Waals surface area contributed by atoms with Crippen molar-refractivity contribution in [3.05, 3.63) is 76.9 Å². The minimum atomic E-state index is 0.492. The molecule has 0 heteroatoms. The summed E-state index contributed by atoms with van der Waals surface area (Å²) >= 11 is 0. The first kappa shape index (κ1) is 10.3. The molecule has 0 nitrogen and oxygen atoms in total. The highest BCUT2D eigenvalue weighted by Crippen LogP contribution is 2.39. The summed E-state index contributed by atoms with van der Waals surface area (Å²) in [5, 5.41) is 0. The number of fused-ring (bicyclic) bond motifs is 1. The summed E-state index contributed by atoms with van der Waals surface area (Å²) in [6.45, 7) is 4.43. The number of benzene rings is 1. The Bertz CT molecular complexity index is 565. The molecule has 0 radical (unpaired) electrons. The van der Waals surface area contributed by atoms with Crippen molar-refractivity contribution in [2.45, 2.75) is 13.8 Å². The van der Waals surface area contributed by atoms with E-state index >= 15 is 0 Å². The molecule has 2 aliphatic rings. The second-order valence-corrected chi connectivity index (χ2v) is 4.83. The lowest BCUT2D eigenvalue weighted by molar-refractivity contribution is 0.947. The van der Waals surface area contributed by atoms with Crippen LogP contribution in [0.15, 0.2) is 71.4 Å². The van der Waals surface area contributed by atoms with Crippen molar-refractivity contribution in [3.63, 3.8) is 0 Å². The van der Waals surface area contributed by atoms with Crippen LogP contribution in [-0.2, 0) is 0 Å². The van der Waals surface area contributed by atoms with E-state index in [9.17, 15) is 0 Å². The first-order chi connectivity index (χ1) is 8.25. The Morgan fingerprint density at radius 2 is 1.76 bits per heavy atom. The normalized spacial score (nSPS) is 22.4. The van der Waals surface area contributed by atoms with Crippen molar-refractivity contribution in [1.29, 1.82) is 0 Å². The van der Waals surface area contributed by atoms with E-state index in [0.717, 1.165) is 0 Å². The summed E-state index contributed by atoms with van der Waals surface area (Å²) in [5.41, 5.74) is 6.91. The molecule has 84 valence electrons. The molecule has 0 saturated carbocycles. The molecular formula is C17H16. The molecule has 3 rings (SSSR count). The summed E-state index contributed by atoms with van der Waals surface area (Å²) in [6.07, 6.45) is 9.11. The van der Waals surface area contributed by atoms with Gasteiger partial charge in [0.15, 0.2) is 0 Å². The summed E-state index contributed by atoms with van der Waals surface area (Å²) in [5.74, 6) is 0.492. The third-order valence-electron chi connectivity index (χ3n) is 3.46. The standard InChI is InChI=1S/C17H16/c1-12-10-15-9-8-13(2)17(16(15)11-12)14-6-4-3-5-7-14/h3-11,13H,1-2H3. The van der Waals surface area contributed by atoms with Gasteiger partial charge in [-0.25, -0.2) is 0 Å². The summed E-state index contributed by atoms with van der Waals surface area (Å²) < 4.78 is 0. The van der Waals surface area contributed by atoms with Crippen molar-refractivity contribution >= 4 is 5.57 Å². The largest absolute Gasteiger partial charge is 0.0766 e. The Morgan fingerprint density at radius 3 is 2.53 bits per heavy atom. The minimum Gasteiger partial charge on any atom is -0.0766 e. The van der Waals surface area contributed by atoms with Gasteiger partial charge in [-0.2, -0.15) is 0 Å². The highest BCUT2D eigenvalue weighted by molar-refractivity contribution is 5.82. The maximum absolute atomic E-state index is 2.30. The molecule has 0 N–H and O–H groups in total. The average molecular weight is 220 g/mol. The van der Waals surface area contributed by atoms with Crippen molar-refractivity contribution in [2.24, 2.45) is 5.92 Å². The maximum atomic E-state index is 2.30. The molecule has 1 atom stereocenters. The average Bonchev–Trinajstić information content (AvgIpc) is 2.70. The van der Waals surface area contributed by atoms with Crippen molar-refractivity contribution in [3.8, 4) is 0 Å². The van der Waals surface area contributed by atoms with E-state index in [4.69, 9.17) is 0 Å². The zero-order chi connectivity index (χ0) is 11.8. The fourth-order valence-corrected chi connectivity index (χ4v) is 2.67. The fraction of sp³-hybridized carbons (Fsp3) is 0.176. The number of hydrogen-bond acceptors (Lipinski definition) is 0. The Hall–Kier alpha value is -1.82. The topological polar surface area (TPSA) is 0 Å². The van der Waals surface area contributed by atoms with Crippen LogP contribution in [0.1, 0.15) is 19.4 Å². The number of allylic oxidation sites excluding steroid dienone is 8. The third-order valence-corrected chi connectivity index (χ3v) is 3.46. The van der Waals surface area contributed by atoms with Crippen LogP contribution in [0, 0.1) is 5.92 Å². The SMILES string of the molecule is CC1=CC2=C(c3ccccc3)C(C)C=CC2=C1. The monoisotopic (exact) mass is 220 g/mol. The van der Waals surface area contributed by atoms with E-state index in [1.807, 2.05) is 0 Å². The van der Waals surface area contributed by atoms with Gasteiger partial charge in [0.05, 0.1) is 0 Å². The number of hydrogen-bond donors (Lipinski definition) is 0. The molecule has 1 unspecified atom stereocenters. The summed E-state index contributed by atoms with van der Waals surface area (Å²) in [4.78, 5) is 0. The van der Waals surface area contributed by atoms with Crippen LogP contribution >= 0.6 is 0 Å². The van der Waals surface area contributed by atoms with Gasteiger partial charge in [-0.05, 0) is 34.8 Å². The predicted molar refractivity (Wildman–Crippen MR) is 73.5 cm³/mol. The molecule has 0 spiro atoms. The van der Waals surface area contributed by atoms with Crippen LogP contribution in [-0.4, -0.2) is 0 Å². The van der Waals surface area contributed by atoms with Gasteiger partial charge in [-0.15, -0.1) is 0 Å². The highest BCUT2D eigenvalue weighted by atomic mass is 14.3. The molecule has 0 heterocycles. The molecule has 17 heavy (non-hydrogen) atoms. The molecule has 0 fully saturated rings. The van der Waals surface area contributed by atoms with Gasteiger partial charge in [0.25, 0.3) is 0 Å². The molecule has 2 aliphatic carbocycles. The third kappa shape index (κ3) is 1.70. The van der Waals surface area contributed by atoms with Crippen LogP contribution < -0.4 is 0 Å². The smallest absolute Gasteiger partial charge is 0.000499 e. The van der Waals surface area contributed by atoms with E-state index in [1.165, 1.54) is 27.9 Å². The highest BCUT2D eigenvalue weighted by Gasteiger charge is 2.21. The number of rotatable bonds is 1. The lowest BCUT2D eigenvalue weighted by atomic mass is 9.83. The van der Waals surface area contributed by atoms with Gasteiger partial charge in [0.2, 0.25) is 0 Å². The van der Waals surface area contributed by atoms with Gasteiger partial charge in [-0.1, -0.05) is 61.6 Å². The second-order valence-electron chi connectivity index (χ2n) is 4.83. The van der Waals surface area contributed by atoms with Crippen LogP contribution in [0.2, 0.25) is 0 Å². The first-order valence-electron chi connectivity index (χ1n) is 6.14. The van der Waals surface area contributed by atoms with Gasteiger partial charge < -0.3 is 0 Å². The molecule has 0 aromatic heterocycles. The van der Waals surface area contributed by atoms with Crippen LogP contribution in [0.3, 0.4) is 0 Å². The second kappa shape index (κ2) is 3.89. The quantitative estimate of drug-likeness (QED) is 0.652. The Morgan fingerprint density at radius 1 is 1.00 bits per heavy atom. The Labute approximate surface area is 103 Å². The van der Waals surface area contributed by atoms with E-state index in [0.29, 0.717) is 5.92 Å². The van der Waals surface area contributed by atoms with E-state index in [1.54, 1.807) is 0 Å². The zero-order valence-corrected chi connectivity index (χ0v) is 10.3. The zero-order valence-electron chi connectivity index (χ0n) is 10.3. The Balaban J connectivity index is 2.20. The molecule has 0 bridgehead atoms. The molecule has 0 amide bonds. The van der Waals surface area contributed by atoms with Gasteiger partial charge in [0.1, 0.15) is 0 Å². The van der Waals surface area contributed by atoms with E-state index in [2.05, 4.69) is 68.5 Å². The summed E-state index contributed by atoms with van der Waals surface area (Å²) in [6, 6.07) is 10.7. The Kier molecular flexibility index (Phi) is 2.36. The molecule has 0 saturated heterocycles. The minimum absolute atomic E-state index is 0.492. The van der Waals surface area contributed by atoms with Gasteiger partial charge >= 0.3 is 0 Å². The van der Waals surface area contributed by atoms with E-state index < -0.39 is 0 Å². The molecular weight excluding hydrogens is 204 g/mol. The summed E-state index contributed by atoms with van der Waals surface area (Å²) in [7, 11) is 0. The predicted octanol–water partition coefficient (Wildman–Crippen LogP) is 4.53. The van der Waals surface area contributed by atoms with Crippen LogP contribution in [0.5, 0.6) is 0 Å². The van der Waals surface area contributed by atoms with Crippen molar-refractivity contribution in [2.75, 3.05) is 0 Å². The van der Waals surface area contributed by atoms with Gasteiger partial charge in [0, 0.05) is 5.92 Å². The van der Waals surface area contributed by atoms with Crippen molar-refractivity contribution in [1.82, 2.24) is 0 Å². The lowest BCUT2D eigenvalue weighted by Gasteiger charge is -2.21. The van der Waals surface area contributed by atoms with Crippen LogP contribution in [0.4, 0.5) is 0 Å². The maximum Gasteiger partial charge on any atom is 0.000499 e.